The number of H-pyrrole nitrogens is 1. The Bertz CT molecular complexity index is 1330. The molecule has 1 saturated heterocycles. The van der Waals surface area contributed by atoms with Gasteiger partial charge in [0.2, 0.25) is 0 Å². The van der Waals surface area contributed by atoms with E-state index in [0.717, 1.165) is 59.9 Å². The van der Waals surface area contributed by atoms with Gasteiger partial charge in [-0.05, 0) is 45.0 Å². The number of nitrogens with one attached hydrogen (secondary N) is 2. The first kappa shape index (κ1) is 20.9. The number of aryl methyl sites for hydroxylation is 1. The maximum Gasteiger partial charge on any atom is 0.416 e. The van der Waals surface area contributed by atoms with Crippen molar-refractivity contribution in [3.05, 3.63) is 63.8 Å². The van der Waals surface area contributed by atoms with Gasteiger partial charge in [-0.2, -0.15) is 18.3 Å². The number of hydrogen-bond donors (Lipinski definition) is 2. The number of aromatic nitrogens is 4. The van der Waals surface area contributed by atoms with Crippen molar-refractivity contribution in [2.24, 2.45) is 0 Å². The number of fused-ring (bicyclic) bond motifs is 1. The van der Waals surface area contributed by atoms with Gasteiger partial charge >= 0.3 is 6.18 Å². The third-order valence-electron chi connectivity index (χ3n) is 5.79. The van der Waals surface area contributed by atoms with E-state index in [9.17, 15) is 18.0 Å². The summed E-state index contributed by atoms with van der Waals surface area (Å²) in [5.41, 5.74) is 2.72. The van der Waals surface area contributed by atoms with E-state index in [0.29, 0.717) is 16.2 Å². The van der Waals surface area contributed by atoms with Crippen molar-refractivity contribution in [2.75, 3.05) is 13.1 Å². The topological polar surface area (TPSA) is 75.1 Å². The Hall–Kier alpha value is -2.98. The van der Waals surface area contributed by atoms with E-state index in [2.05, 4.69) is 20.4 Å². The molecule has 32 heavy (non-hydrogen) atoms. The number of alkyl halides is 3. The highest BCUT2D eigenvalue weighted by molar-refractivity contribution is 7.18. The third kappa shape index (κ3) is 3.73. The van der Waals surface area contributed by atoms with Crippen molar-refractivity contribution >= 4 is 17.0 Å². The van der Waals surface area contributed by atoms with Crippen LogP contribution in [0.5, 0.6) is 0 Å². The molecule has 0 radical (unpaired) electrons. The molecule has 166 valence electrons. The van der Waals surface area contributed by atoms with Crippen molar-refractivity contribution in [3.63, 3.8) is 0 Å². The fourth-order valence-electron chi connectivity index (χ4n) is 4.16. The Labute approximate surface area is 185 Å². The lowest BCUT2D eigenvalue weighted by Gasteiger charge is -2.23. The van der Waals surface area contributed by atoms with Gasteiger partial charge in [-0.15, -0.1) is 11.3 Å². The van der Waals surface area contributed by atoms with E-state index in [-0.39, 0.29) is 11.5 Å². The number of piperidine rings is 1. The highest BCUT2D eigenvalue weighted by atomic mass is 32.1. The highest BCUT2D eigenvalue weighted by Gasteiger charge is 2.30. The molecule has 4 aromatic rings. The van der Waals surface area contributed by atoms with Crippen molar-refractivity contribution in [1.82, 2.24) is 24.9 Å². The zero-order valence-electron chi connectivity index (χ0n) is 17.2. The summed E-state index contributed by atoms with van der Waals surface area (Å²) in [5.74, 6) is 0.249. The molecule has 0 atom stereocenters. The van der Waals surface area contributed by atoms with Crippen molar-refractivity contribution < 1.29 is 13.2 Å². The quantitative estimate of drug-likeness (QED) is 0.469. The fourth-order valence-corrected chi connectivity index (χ4v) is 5.24. The molecule has 2 N–H and O–H groups in total. The lowest BCUT2D eigenvalue weighted by atomic mass is 9.94. The maximum absolute atomic E-state index is 12.9. The molecule has 0 saturated carbocycles. The second-order valence-corrected chi connectivity index (χ2v) is 8.91. The van der Waals surface area contributed by atoms with Gasteiger partial charge in [0, 0.05) is 17.5 Å². The molecule has 10 heteroatoms. The average Bonchev–Trinajstić information content (AvgIpc) is 3.36. The molecule has 0 amide bonds. The second-order valence-electron chi connectivity index (χ2n) is 7.91. The lowest BCUT2D eigenvalue weighted by Crippen LogP contribution is -2.28. The summed E-state index contributed by atoms with van der Waals surface area (Å²) in [6.07, 6.45) is -0.790. The van der Waals surface area contributed by atoms with Crippen LogP contribution in [0.15, 0.2) is 41.3 Å². The molecular formula is C22H20F3N5OS. The van der Waals surface area contributed by atoms with Gasteiger partial charge in [0.1, 0.15) is 10.7 Å². The van der Waals surface area contributed by atoms with Crippen LogP contribution < -0.4 is 10.9 Å². The first-order valence-electron chi connectivity index (χ1n) is 10.3. The number of hydrogen-bond acceptors (Lipinski definition) is 5. The van der Waals surface area contributed by atoms with Crippen LogP contribution in [-0.2, 0) is 6.18 Å². The van der Waals surface area contributed by atoms with Gasteiger partial charge in [0.05, 0.1) is 33.6 Å². The molecule has 4 heterocycles. The average molecular weight is 459 g/mol. The predicted molar refractivity (Wildman–Crippen MR) is 117 cm³/mol. The van der Waals surface area contributed by atoms with Gasteiger partial charge < -0.3 is 10.3 Å². The summed E-state index contributed by atoms with van der Waals surface area (Å²) in [6.45, 7) is 3.65. The normalized spacial score (nSPS) is 15.5. The van der Waals surface area contributed by atoms with E-state index < -0.39 is 11.7 Å². The Balaban J connectivity index is 1.56. The molecule has 1 aliphatic rings. The summed E-state index contributed by atoms with van der Waals surface area (Å²) < 4.78 is 40.4. The number of benzene rings is 1. The molecule has 3 aromatic heterocycles. The van der Waals surface area contributed by atoms with E-state index in [4.69, 9.17) is 0 Å². The van der Waals surface area contributed by atoms with Gasteiger partial charge in [0.25, 0.3) is 5.56 Å². The first-order chi connectivity index (χ1) is 15.3. The minimum atomic E-state index is -4.38. The number of thiazole rings is 1. The molecule has 1 aromatic carbocycles. The van der Waals surface area contributed by atoms with Crippen molar-refractivity contribution in [3.8, 4) is 21.0 Å². The minimum Gasteiger partial charge on any atom is -0.317 e. The second kappa shape index (κ2) is 7.86. The number of nitrogens with zero attached hydrogens (tertiary/aromatic N) is 3. The number of aromatic amines is 1. The largest absolute Gasteiger partial charge is 0.416 e. The zero-order chi connectivity index (χ0) is 22.5. The Morgan fingerprint density at radius 3 is 2.56 bits per heavy atom. The molecule has 5 rings (SSSR count). The van der Waals surface area contributed by atoms with Crippen LogP contribution in [0.2, 0.25) is 0 Å². The molecule has 0 spiro atoms. The Kier molecular flexibility index (Phi) is 5.13. The molecule has 6 nitrogen and oxygen atoms in total. The Morgan fingerprint density at radius 2 is 1.88 bits per heavy atom. The van der Waals surface area contributed by atoms with Crippen molar-refractivity contribution in [2.45, 2.75) is 31.9 Å². The standard InChI is InChI=1S/C22H20F3N5OS/c1-12-19(32-21(28-12)14-2-4-15(5-3-14)22(23,24)25)16-11-27-30-17(10-18(31)29-20(16)30)13-6-8-26-9-7-13/h2-5,10-11,13,26H,6-9H2,1H3,(H,29,31). The molecule has 0 bridgehead atoms. The Morgan fingerprint density at radius 1 is 1.16 bits per heavy atom. The van der Waals surface area contributed by atoms with Crippen molar-refractivity contribution in [1.29, 1.82) is 0 Å². The van der Waals surface area contributed by atoms with E-state index >= 15 is 0 Å². The summed E-state index contributed by atoms with van der Waals surface area (Å²) in [5, 5.41) is 8.50. The minimum absolute atomic E-state index is 0.182. The first-order valence-corrected chi connectivity index (χ1v) is 11.1. The fraction of sp³-hybridized carbons (Fsp3) is 0.318. The summed E-state index contributed by atoms with van der Waals surface area (Å²) >= 11 is 1.37. The van der Waals surface area contributed by atoms with E-state index in [1.165, 1.54) is 23.5 Å². The van der Waals surface area contributed by atoms with Crippen LogP contribution in [0, 0.1) is 6.92 Å². The van der Waals surface area contributed by atoms with Gasteiger partial charge in [-0.3, -0.25) is 4.79 Å². The van der Waals surface area contributed by atoms with Gasteiger partial charge in [-0.25, -0.2) is 9.50 Å². The van der Waals surface area contributed by atoms with Crippen LogP contribution in [0.3, 0.4) is 0 Å². The predicted octanol–water partition coefficient (Wildman–Crippen LogP) is 4.61. The van der Waals surface area contributed by atoms with Gasteiger partial charge in [-0.1, -0.05) is 12.1 Å². The lowest BCUT2D eigenvalue weighted by molar-refractivity contribution is -0.137. The van der Waals surface area contributed by atoms with Crippen LogP contribution in [0.25, 0.3) is 26.7 Å². The van der Waals surface area contributed by atoms with Crippen LogP contribution in [0.1, 0.15) is 35.7 Å². The van der Waals surface area contributed by atoms with Crippen LogP contribution >= 0.6 is 11.3 Å². The highest BCUT2D eigenvalue weighted by Crippen LogP contribution is 2.38. The summed E-state index contributed by atoms with van der Waals surface area (Å²) in [7, 11) is 0. The van der Waals surface area contributed by atoms with Gasteiger partial charge in [0.15, 0.2) is 0 Å². The molecular weight excluding hydrogens is 439 g/mol. The van der Waals surface area contributed by atoms with Crippen LogP contribution in [-0.4, -0.2) is 32.7 Å². The van der Waals surface area contributed by atoms with Crippen LogP contribution in [0.4, 0.5) is 13.2 Å². The molecule has 0 aliphatic carbocycles. The number of halogens is 3. The third-order valence-corrected chi connectivity index (χ3v) is 7.03. The maximum atomic E-state index is 12.9. The SMILES string of the molecule is Cc1nc(-c2ccc(C(F)(F)F)cc2)sc1-c1cnn2c(C3CCNCC3)cc(=O)[nH]c12. The molecule has 1 fully saturated rings. The number of rotatable bonds is 3. The monoisotopic (exact) mass is 459 g/mol. The molecule has 0 unspecified atom stereocenters. The summed E-state index contributed by atoms with van der Waals surface area (Å²) in [6, 6.07) is 6.59. The van der Waals surface area contributed by atoms with E-state index in [1.54, 1.807) is 16.8 Å². The molecule has 1 aliphatic heterocycles. The van der Waals surface area contributed by atoms with E-state index in [1.807, 2.05) is 6.92 Å². The summed E-state index contributed by atoms with van der Waals surface area (Å²) in [4.78, 5) is 20.7. The smallest absolute Gasteiger partial charge is 0.317 e. The zero-order valence-corrected chi connectivity index (χ0v) is 18.0.